The van der Waals surface area contributed by atoms with Gasteiger partial charge >= 0.3 is 5.97 Å². The first-order valence-electron chi connectivity index (χ1n) is 6.88. The number of benzene rings is 1. The van der Waals surface area contributed by atoms with Gasteiger partial charge in [0.2, 0.25) is 0 Å². The minimum absolute atomic E-state index is 0.364. The topological polar surface area (TPSA) is 40.5 Å². The van der Waals surface area contributed by atoms with Crippen molar-refractivity contribution in [3.63, 3.8) is 0 Å². The summed E-state index contributed by atoms with van der Waals surface area (Å²) >= 11 is 3.53. The molecule has 1 aromatic rings. The summed E-state index contributed by atoms with van der Waals surface area (Å²) in [5.41, 5.74) is 1.90. The molecule has 0 radical (unpaired) electrons. The van der Waals surface area contributed by atoms with E-state index in [1.165, 1.54) is 32.1 Å². The molecule has 0 amide bonds. The van der Waals surface area contributed by atoms with Crippen molar-refractivity contribution in [3.05, 3.63) is 28.2 Å². The lowest BCUT2D eigenvalue weighted by molar-refractivity contribution is 0.0697. The number of hydrogen-bond acceptors (Lipinski definition) is 2. The third-order valence-corrected chi connectivity index (χ3v) is 5.17. The van der Waals surface area contributed by atoms with Crippen LogP contribution in [0.1, 0.15) is 42.5 Å². The maximum absolute atomic E-state index is 11.1. The molecule has 102 valence electrons. The second-order valence-corrected chi connectivity index (χ2v) is 6.74. The third-order valence-electron chi connectivity index (χ3n) is 4.50. The molecule has 0 aromatic heterocycles. The highest BCUT2D eigenvalue weighted by Crippen LogP contribution is 2.46. The van der Waals surface area contributed by atoms with Crippen LogP contribution in [0.15, 0.2) is 22.7 Å². The van der Waals surface area contributed by atoms with E-state index in [-0.39, 0.29) is 0 Å². The normalized spacial score (nSPS) is 21.2. The van der Waals surface area contributed by atoms with E-state index >= 15 is 0 Å². The van der Waals surface area contributed by atoms with Gasteiger partial charge in [0.25, 0.3) is 0 Å². The monoisotopic (exact) mass is 323 g/mol. The molecule has 1 heterocycles. The van der Waals surface area contributed by atoms with Gasteiger partial charge < -0.3 is 10.0 Å². The van der Waals surface area contributed by atoms with Gasteiger partial charge in [-0.05, 0) is 47.0 Å². The SMILES string of the molecule is O=C(O)c1ccc(Br)c(N2CC3(CCCCC3)C2)c1. The molecule has 1 N–H and O–H groups in total. The van der Waals surface area contributed by atoms with Gasteiger partial charge in [0.1, 0.15) is 0 Å². The van der Waals surface area contributed by atoms with Gasteiger partial charge in [-0.25, -0.2) is 4.79 Å². The van der Waals surface area contributed by atoms with E-state index in [9.17, 15) is 4.79 Å². The van der Waals surface area contributed by atoms with Crippen LogP contribution in [-0.2, 0) is 0 Å². The average molecular weight is 324 g/mol. The Kier molecular flexibility index (Phi) is 3.29. The first kappa shape index (κ1) is 13.0. The number of halogens is 1. The molecule has 0 atom stereocenters. The van der Waals surface area contributed by atoms with Crippen molar-refractivity contribution >= 4 is 27.6 Å². The summed E-state index contributed by atoms with van der Waals surface area (Å²) in [5.74, 6) is -0.860. The zero-order valence-corrected chi connectivity index (χ0v) is 12.4. The van der Waals surface area contributed by atoms with Crippen LogP contribution in [0.4, 0.5) is 5.69 Å². The highest BCUT2D eigenvalue weighted by atomic mass is 79.9. The van der Waals surface area contributed by atoms with Crippen LogP contribution in [0.5, 0.6) is 0 Å². The van der Waals surface area contributed by atoms with E-state index in [0.29, 0.717) is 11.0 Å². The number of rotatable bonds is 2. The lowest BCUT2D eigenvalue weighted by Crippen LogP contribution is -2.57. The molecule has 1 aliphatic carbocycles. The molecule has 2 aliphatic rings. The minimum Gasteiger partial charge on any atom is -0.478 e. The van der Waals surface area contributed by atoms with Gasteiger partial charge in [-0.2, -0.15) is 0 Å². The standard InChI is InChI=1S/C15H18BrNO2/c16-12-5-4-11(14(18)19)8-13(12)17-9-15(10-17)6-2-1-3-7-15/h4-5,8H,1-3,6-7,9-10H2,(H,18,19). The molecule has 1 aromatic carbocycles. The smallest absolute Gasteiger partial charge is 0.335 e. The second kappa shape index (κ2) is 4.82. The molecule has 0 unspecified atom stereocenters. The van der Waals surface area contributed by atoms with Crippen molar-refractivity contribution in [2.45, 2.75) is 32.1 Å². The molecule has 0 bridgehead atoms. The van der Waals surface area contributed by atoms with Crippen LogP contribution in [0.2, 0.25) is 0 Å². The zero-order valence-electron chi connectivity index (χ0n) is 10.9. The molecule has 19 heavy (non-hydrogen) atoms. The Bertz CT molecular complexity index is 501. The number of nitrogens with zero attached hydrogens (tertiary/aromatic N) is 1. The van der Waals surface area contributed by atoms with Crippen LogP contribution < -0.4 is 4.90 Å². The Morgan fingerprint density at radius 3 is 2.53 bits per heavy atom. The lowest BCUT2D eigenvalue weighted by Gasteiger charge is -2.54. The van der Waals surface area contributed by atoms with Crippen molar-refractivity contribution in [2.75, 3.05) is 18.0 Å². The minimum atomic E-state index is -0.860. The average Bonchev–Trinajstić information content (AvgIpc) is 2.37. The molecule has 1 spiro atoms. The summed E-state index contributed by atoms with van der Waals surface area (Å²) < 4.78 is 0.989. The first-order valence-corrected chi connectivity index (χ1v) is 7.67. The van der Waals surface area contributed by atoms with E-state index in [4.69, 9.17) is 5.11 Å². The van der Waals surface area contributed by atoms with E-state index in [2.05, 4.69) is 20.8 Å². The van der Waals surface area contributed by atoms with Crippen LogP contribution in [0.3, 0.4) is 0 Å². The van der Waals surface area contributed by atoms with Crippen LogP contribution >= 0.6 is 15.9 Å². The van der Waals surface area contributed by atoms with E-state index in [0.717, 1.165) is 23.2 Å². The van der Waals surface area contributed by atoms with Gasteiger partial charge in [-0.1, -0.05) is 19.3 Å². The van der Waals surface area contributed by atoms with Gasteiger partial charge in [-0.3, -0.25) is 0 Å². The highest BCUT2D eigenvalue weighted by molar-refractivity contribution is 9.10. The fourth-order valence-corrected chi connectivity index (χ4v) is 3.94. The van der Waals surface area contributed by atoms with Gasteiger partial charge in [0.05, 0.1) is 11.3 Å². The summed E-state index contributed by atoms with van der Waals surface area (Å²) in [6.07, 6.45) is 6.74. The summed E-state index contributed by atoms with van der Waals surface area (Å²) in [6.45, 7) is 2.16. The van der Waals surface area contributed by atoms with Crippen molar-refractivity contribution in [1.82, 2.24) is 0 Å². The summed E-state index contributed by atoms with van der Waals surface area (Å²) in [7, 11) is 0. The van der Waals surface area contributed by atoms with Gasteiger partial charge in [-0.15, -0.1) is 0 Å². The number of anilines is 1. The van der Waals surface area contributed by atoms with Crippen molar-refractivity contribution in [3.8, 4) is 0 Å². The zero-order chi connectivity index (χ0) is 13.5. The van der Waals surface area contributed by atoms with Gasteiger partial charge in [0, 0.05) is 23.0 Å². The van der Waals surface area contributed by atoms with Crippen molar-refractivity contribution in [2.24, 2.45) is 5.41 Å². The number of aromatic carboxylic acids is 1. The number of carboxylic acids is 1. The Balaban J connectivity index is 1.77. The molecule has 2 fully saturated rings. The predicted molar refractivity (Wildman–Crippen MR) is 78.8 cm³/mol. The maximum atomic E-state index is 11.1. The van der Waals surface area contributed by atoms with E-state index in [1.54, 1.807) is 12.1 Å². The molecular weight excluding hydrogens is 306 g/mol. The molecule has 1 saturated carbocycles. The number of hydrogen-bond donors (Lipinski definition) is 1. The molecule has 3 nitrogen and oxygen atoms in total. The largest absolute Gasteiger partial charge is 0.478 e. The second-order valence-electron chi connectivity index (χ2n) is 5.89. The Labute approximate surface area is 121 Å². The quantitative estimate of drug-likeness (QED) is 0.896. The van der Waals surface area contributed by atoms with E-state index < -0.39 is 5.97 Å². The Hall–Kier alpha value is -1.03. The van der Waals surface area contributed by atoms with Crippen LogP contribution in [0.25, 0.3) is 0 Å². The van der Waals surface area contributed by atoms with Gasteiger partial charge in [0.15, 0.2) is 0 Å². The number of carboxylic acid groups (broad SMARTS) is 1. The highest BCUT2D eigenvalue weighted by Gasteiger charge is 2.43. The van der Waals surface area contributed by atoms with Crippen molar-refractivity contribution < 1.29 is 9.90 Å². The third kappa shape index (κ3) is 2.38. The summed E-state index contributed by atoms with van der Waals surface area (Å²) in [6, 6.07) is 5.26. The predicted octanol–water partition coefficient (Wildman–Crippen LogP) is 3.92. The van der Waals surface area contributed by atoms with Crippen LogP contribution in [0, 0.1) is 5.41 Å². The first-order chi connectivity index (χ1) is 9.10. The lowest BCUT2D eigenvalue weighted by atomic mass is 9.68. The summed E-state index contributed by atoms with van der Waals surface area (Å²) in [4.78, 5) is 13.4. The fraction of sp³-hybridized carbons (Fsp3) is 0.533. The number of carbonyl (C=O) groups is 1. The molecule has 3 rings (SSSR count). The molecule has 1 saturated heterocycles. The Morgan fingerprint density at radius 2 is 1.89 bits per heavy atom. The fourth-order valence-electron chi connectivity index (χ4n) is 3.44. The van der Waals surface area contributed by atoms with E-state index in [1.807, 2.05) is 6.07 Å². The Morgan fingerprint density at radius 1 is 1.21 bits per heavy atom. The maximum Gasteiger partial charge on any atom is 0.335 e. The molecule has 1 aliphatic heterocycles. The molecule has 4 heteroatoms. The molecular formula is C15H18BrNO2. The summed E-state index contributed by atoms with van der Waals surface area (Å²) in [5, 5.41) is 9.08. The van der Waals surface area contributed by atoms with Crippen molar-refractivity contribution in [1.29, 1.82) is 0 Å². The van der Waals surface area contributed by atoms with Crippen LogP contribution in [-0.4, -0.2) is 24.2 Å².